The summed E-state index contributed by atoms with van der Waals surface area (Å²) in [6.45, 7) is 0. The molecule has 6 heteroatoms. The largest absolute Gasteiger partial charge is 0.393 e. The first kappa shape index (κ1) is 13.1. The minimum atomic E-state index is -0.232. The van der Waals surface area contributed by atoms with Crippen molar-refractivity contribution in [1.82, 2.24) is 10.3 Å². The van der Waals surface area contributed by atoms with E-state index < -0.39 is 0 Å². The van der Waals surface area contributed by atoms with Crippen LogP contribution in [0.25, 0.3) is 0 Å². The smallest absolute Gasteiger partial charge is 0.251 e. The second-order valence-corrected chi connectivity index (χ2v) is 4.97. The van der Waals surface area contributed by atoms with Crippen LogP contribution in [0.1, 0.15) is 36.0 Å². The normalized spacial score (nSPS) is 23.7. The Bertz CT molecular complexity index is 425. The highest BCUT2D eigenvalue weighted by Gasteiger charge is 2.21. The quantitative estimate of drug-likeness (QED) is 0.707. The third-order valence-electron chi connectivity index (χ3n) is 3.11. The van der Waals surface area contributed by atoms with Crippen LogP contribution in [0.2, 0.25) is 5.15 Å². The van der Waals surface area contributed by atoms with Crippen molar-refractivity contribution in [2.24, 2.45) is 0 Å². The Morgan fingerprint density at radius 3 is 2.67 bits per heavy atom. The summed E-state index contributed by atoms with van der Waals surface area (Å²) in [4.78, 5) is 15.8. The summed E-state index contributed by atoms with van der Waals surface area (Å²) in [5.41, 5.74) is 5.96. The fourth-order valence-corrected chi connectivity index (χ4v) is 2.35. The lowest BCUT2D eigenvalue weighted by Crippen LogP contribution is -2.38. The summed E-state index contributed by atoms with van der Waals surface area (Å²) in [6.07, 6.45) is 2.81. The van der Waals surface area contributed by atoms with Crippen molar-refractivity contribution in [1.29, 1.82) is 0 Å². The molecule has 0 radical (unpaired) electrons. The molecule has 0 bridgehead atoms. The lowest BCUT2D eigenvalue weighted by atomic mass is 9.93. The Morgan fingerprint density at radius 1 is 1.39 bits per heavy atom. The zero-order valence-corrected chi connectivity index (χ0v) is 10.7. The summed E-state index contributed by atoms with van der Waals surface area (Å²) in [6, 6.07) is 3.10. The number of anilines is 1. The molecule has 1 aromatic heterocycles. The maximum atomic E-state index is 12.0. The fourth-order valence-electron chi connectivity index (χ4n) is 2.14. The molecule has 0 saturated heterocycles. The number of hydrogen-bond acceptors (Lipinski definition) is 4. The van der Waals surface area contributed by atoms with E-state index in [-0.39, 0.29) is 29.0 Å². The molecule has 0 spiro atoms. The number of aliphatic hydroxyl groups is 1. The van der Waals surface area contributed by atoms with E-state index in [4.69, 9.17) is 17.3 Å². The molecule has 4 N–H and O–H groups in total. The summed E-state index contributed by atoms with van der Waals surface area (Å²) in [5.74, 6) is 0.0270. The Hall–Kier alpha value is -1.33. The van der Waals surface area contributed by atoms with Crippen LogP contribution < -0.4 is 11.1 Å². The van der Waals surface area contributed by atoms with E-state index in [0.717, 1.165) is 25.7 Å². The number of hydrogen-bond donors (Lipinski definition) is 3. The number of nitrogens with zero attached hydrogens (tertiary/aromatic N) is 1. The standard InChI is InChI=1S/C12H16ClN3O2/c13-10-5-7(6-11(14)16-10)12(18)15-8-1-3-9(17)4-2-8/h5-6,8-9,17H,1-4H2,(H2,14,16)(H,15,18). The van der Waals surface area contributed by atoms with Crippen molar-refractivity contribution in [2.45, 2.75) is 37.8 Å². The maximum absolute atomic E-state index is 12.0. The van der Waals surface area contributed by atoms with E-state index in [0.29, 0.717) is 5.56 Å². The Kier molecular flexibility index (Phi) is 4.04. The molecular formula is C12H16ClN3O2. The SMILES string of the molecule is Nc1cc(C(=O)NC2CCC(O)CC2)cc(Cl)n1. The van der Waals surface area contributed by atoms with Crippen molar-refractivity contribution < 1.29 is 9.90 Å². The summed E-state index contributed by atoms with van der Waals surface area (Å²) >= 11 is 5.75. The van der Waals surface area contributed by atoms with Gasteiger partial charge in [-0.3, -0.25) is 4.79 Å². The molecule has 0 unspecified atom stereocenters. The van der Waals surface area contributed by atoms with Crippen LogP contribution in [0.3, 0.4) is 0 Å². The highest BCUT2D eigenvalue weighted by Crippen LogP contribution is 2.19. The second-order valence-electron chi connectivity index (χ2n) is 4.58. The molecular weight excluding hydrogens is 254 g/mol. The third kappa shape index (κ3) is 3.34. The highest BCUT2D eigenvalue weighted by molar-refractivity contribution is 6.29. The van der Waals surface area contributed by atoms with Crippen LogP contribution in [-0.2, 0) is 0 Å². The van der Waals surface area contributed by atoms with E-state index in [1.165, 1.54) is 12.1 Å². The van der Waals surface area contributed by atoms with Gasteiger partial charge in [0, 0.05) is 11.6 Å². The van der Waals surface area contributed by atoms with Gasteiger partial charge in [-0.25, -0.2) is 4.98 Å². The van der Waals surface area contributed by atoms with Crippen LogP contribution in [0.5, 0.6) is 0 Å². The first-order chi connectivity index (χ1) is 8.54. The number of nitrogens with two attached hydrogens (primary N) is 1. The summed E-state index contributed by atoms with van der Waals surface area (Å²) < 4.78 is 0. The number of carbonyl (C=O) groups excluding carboxylic acids is 1. The van der Waals surface area contributed by atoms with Gasteiger partial charge in [0.2, 0.25) is 0 Å². The van der Waals surface area contributed by atoms with Gasteiger partial charge in [0.25, 0.3) is 5.91 Å². The van der Waals surface area contributed by atoms with Crippen LogP contribution >= 0.6 is 11.6 Å². The van der Waals surface area contributed by atoms with Crippen LogP contribution in [-0.4, -0.2) is 28.1 Å². The molecule has 1 amide bonds. The molecule has 1 fully saturated rings. The van der Waals surface area contributed by atoms with Gasteiger partial charge in [-0.1, -0.05) is 11.6 Å². The maximum Gasteiger partial charge on any atom is 0.251 e. The van der Waals surface area contributed by atoms with Gasteiger partial charge in [-0.2, -0.15) is 0 Å². The van der Waals surface area contributed by atoms with Crippen molar-refractivity contribution in [3.05, 3.63) is 22.8 Å². The monoisotopic (exact) mass is 269 g/mol. The Morgan fingerprint density at radius 2 is 2.06 bits per heavy atom. The molecule has 0 aliphatic heterocycles. The number of aromatic nitrogens is 1. The highest BCUT2D eigenvalue weighted by atomic mass is 35.5. The minimum absolute atomic E-state index is 0.106. The average Bonchev–Trinajstić information content (AvgIpc) is 2.31. The van der Waals surface area contributed by atoms with Gasteiger partial charge in [0.05, 0.1) is 6.10 Å². The van der Waals surface area contributed by atoms with Gasteiger partial charge < -0.3 is 16.2 Å². The molecule has 1 saturated carbocycles. The van der Waals surface area contributed by atoms with Gasteiger partial charge in [-0.15, -0.1) is 0 Å². The molecule has 0 aromatic carbocycles. The number of halogens is 1. The predicted octanol–water partition coefficient (Wildman–Crippen LogP) is 1.35. The van der Waals surface area contributed by atoms with Crippen molar-refractivity contribution in [3.8, 4) is 0 Å². The number of aliphatic hydroxyl groups excluding tert-OH is 1. The van der Waals surface area contributed by atoms with Crippen LogP contribution in [0, 0.1) is 0 Å². The number of carbonyl (C=O) groups is 1. The lowest BCUT2D eigenvalue weighted by Gasteiger charge is -2.26. The second kappa shape index (κ2) is 5.54. The molecule has 2 rings (SSSR count). The molecule has 98 valence electrons. The lowest BCUT2D eigenvalue weighted by molar-refractivity contribution is 0.0867. The predicted molar refractivity (Wildman–Crippen MR) is 69.4 cm³/mol. The average molecular weight is 270 g/mol. The van der Waals surface area contributed by atoms with Crippen molar-refractivity contribution in [2.75, 3.05) is 5.73 Å². The first-order valence-electron chi connectivity index (χ1n) is 5.96. The van der Waals surface area contributed by atoms with Crippen molar-refractivity contribution in [3.63, 3.8) is 0 Å². The molecule has 0 atom stereocenters. The zero-order chi connectivity index (χ0) is 13.1. The number of rotatable bonds is 2. The summed E-state index contributed by atoms with van der Waals surface area (Å²) in [5, 5.41) is 12.5. The molecule has 1 heterocycles. The van der Waals surface area contributed by atoms with Crippen molar-refractivity contribution >= 4 is 23.3 Å². The van der Waals surface area contributed by atoms with Crippen LogP contribution in [0.15, 0.2) is 12.1 Å². The van der Waals surface area contributed by atoms with Gasteiger partial charge in [-0.05, 0) is 37.8 Å². The van der Waals surface area contributed by atoms with Gasteiger partial charge in [0.1, 0.15) is 11.0 Å². The number of pyridine rings is 1. The topological polar surface area (TPSA) is 88.2 Å². The molecule has 5 nitrogen and oxygen atoms in total. The third-order valence-corrected chi connectivity index (χ3v) is 3.30. The number of nitrogen functional groups attached to an aromatic ring is 1. The molecule has 18 heavy (non-hydrogen) atoms. The van der Waals surface area contributed by atoms with Gasteiger partial charge >= 0.3 is 0 Å². The van der Waals surface area contributed by atoms with E-state index in [9.17, 15) is 9.90 Å². The molecule has 1 aliphatic carbocycles. The summed E-state index contributed by atoms with van der Waals surface area (Å²) in [7, 11) is 0. The van der Waals surface area contributed by atoms with E-state index >= 15 is 0 Å². The van der Waals surface area contributed by atoms with Crippen LogP contribution in [0.4, 0.5) is 5.82 Å². The van der Waals surface area contributed by atoms with E-state index in [1.807, 2.05) is 0 Å². The molecule has 1 aromatic rings. The van der Waals surface area contributed by atoms with E-state index in [2.05, 4.69) is 10.3 Å². The Labute approximate surface area is 110 Å². The number of nitrogens with one attached hydrogen (secondary N) is 1. The van der Waals surface area contributed by atoms with Gasteiger partial charge in [0.15, 0.2) is 0 Å². The fraction of sp³-hybridized carbons (Fsp3) is 0.500. The molecule has 1 aliphatic rings. The number of amides is 1. The minimum Gasteiger partial charge on any atom is -0.393 e. The van der Waals surface area contributed by atoms with E-state index in [1.54, 1.807) is 0 Å². The Balaban J connectivity index is 1.99. The first-order valence-corrected chi connectivity index (χ1v) is 6.34. The zero-order valence-electron chi connectivity index (χ0n) is 9.90.